The Morgan fingerprint density at radius 3 is 2.35 bits per heavy atom. The lowest BCUT2D eigenvalue weighted by Crippen LogP contribution is -2.36. The van der Waals surface area contributed by atoms with E-state index in [2.05, 4.69) is 0 Å². The highest BCUT2D eigenvalue weighted by molar-refractivity contribution is 5.81. The zero-order valence-electron chi connectivity index (χ0n) is 17.3. The third-order valence-electron chi connectivity index (χ3n) is 6.65. The molecule has 0 spiro atoms. The molecule has 31 heavy (non-hydrogen) atoms. The van der Waals surface area contributed by atoms with Crippen molar-refractivity contribution in [1.29, 1.82) is 0 Å². The Hall–Kier alpha value is -3.67. The molecule has 0 bridgehead atoms. The molecule has 4 aromatic rings. The predicted octanol–water partition coefficient (Wildman–Crippen LogP) is 3.27. The third-order valence-corrected chi connectivity index (χ3v) is 6.65. The molecule has 1 aliphatic carbocycles. The number of rotatable bonds is 1. The number of anilines is 1. The van der Waals surface area contributed by atoms with Gasteiger partial charge >= 0.3 is 0 Å². The lowest BCUT2D eigenvalue weighted by atomic mass is 9.89. The van der Waals surface area contributed by atoms with Gasteiger partial charge in [0.25, 0.3) is 11.1 Å². The highest BCUT2D eigenvalue weighted by atomic mass is 16.2. The van der Waals surface area contributed by atoms with E-state index in [-0.39, 0.29) is 11.1 Å². The normalized spacial score (nSPS) is 16.7. The predicted molar refractivity (Wildman–Crippen MR) is 121 cm³/mol. The molecule has 6 heteroatoms. The van der Waals surface area contributed by atoms with Crippen LogP contribution in [0.4, 0.5) is 5.69 Å². The minimum Gasteiger partial charge on any atom is -0.398 e. The zero-order valence-corrected chi connectivity index (χ0v) is 17.3. The van der Waals surface area contributed by atoms with Crippen molar-refractivity contribution < 1.29 is 0 Å². The summed E-state index contributed by atoms with van der Waals surface area (Å²) in [6, 6.07) is 14.5. The van der Waals surface area contributed by atoms with E-state index in [1.807, 2.05) is 31.2 Å². The van der Waals surface area contributed by atoms with E-state index in [9.17, 15) is 9.59 Å². The lowest BCUT2D eigenvalue weighted by Gasteiger charge is -2.21. The average molecular weight is 410 g/mol. The molecule has 6 rings (SSSR count). The van der Waals surface area contributed by atoms with Gasteiger partial charge in [0, 0.05) is 16.9 Å². The number of nitrogens with zero attached hydrogens (tertiary/aromatic N) is 3. The van der Waals surface area contributed by atoms with Crippen molar-refractivity contribution in [1.82, 2.24) is 14.3 Å². The van der Waals surface area contributed by atoms with Gasteiger partial charge in [-0.2, -0.15) is 4.68 Å². The van der Waals surface area contributed by atoms with Crippen molar-refractivity contribution >= 4 is 16.5 Å². The molecule has 1 atom stereocenters. The van der Waals surface area contributed by atoms with Crippen molar-refractivity contribution in [2.45, 2.75) is 38.6 Å². The third kappa shape index (κ3) is 2.42. The number of nitrogen functional groups attached to an aromatic ring is 1. The number of hydrogen-bond donors (Lipinski definition) is 1. The van der Waals surface area contributed by atoms with Crippen molar-refractivity contribution in [3.8, 4) is 5.82 Å². The Labute approximate surface area is 178 Å². The Bertz CT molecular complexity index is 1500. The highest BCUT2D eigenvalue weighted by Gasteiger charge is 2.37. The van der Waals surface area contributed by atoms with Crippen LogP contribution >= 0.6 is 0 Å². The highest BCUT2D eigenvalue weighted by Crippen LogP contribution is 2.42. The topological polar surface area (TPSA) is 82.9 Å². The van der Waals surface area contributed by atoms with E-state index in [1.165, 1.54) is 4.68 Å². The number of aryl methyl sites for hydroxylation is 2. The first kappa shape index (κ1) is 18.1. The van der Waals surface area contributed by atoms with E-state index in [1.54, 1.807) is 28.9 Å². The summed E-state index contributed by atoms with van der Waals surface area (Å²) in [6.07, 6.45) is 3.85. The molecule has 154 valence electrons. The van der Waals surface area contributed by atoms with Gasteiger partial charge in [0.2, 0.25) is 0 Å². The minimum absolute atomic E-state index is 0.212. The number of fused-ring (bicyclic) bond motifs is 5. The molecule has 3 heterocycles. The molecule has 1 unspecified atom stereocenters. The Kier molecular flexibility index (Phi) is 3.75. The first-order valence-electron chi connectivity index (χ1n) is 10.7. The van der Waals surface area contributed by atoms with Crippen LogP contribution in [0.3, 0.4) is 0 Å². The van der Waals surface area contributed by atoms with Crippen molar-refractivity contribution in [3.05, 3.63) is 97.2 Å². The standard InChI is InChI=1S/C25H22N4O2/c1-14-10-12-15(13-11-14)22-20-21(26)18-8-4-5-9-19(18)27-23(20)29-25(31)17-7-3-2-6-16(17)24(30)28(22)29/h2-3,6-7,10-13,22H,4-5,8-9H2,1H3,(H2,26,27). The number of hydrogen-bond acceptors (Lipinski definition) is 4. The maximum atomic E-state index is 13.7. The molecular formula is C25H22N4O2. The second-order valence-corrected chi connectivity index (χ2v) is 8.52. The molecule has 0 saturated heterocycles. The van der Waals surface area contributed by atoms with Gasteiger partial charge in [-0.1, -0.05) is 42.0 Å². The van der Waals surface area contributed by atoms with Crippen LogP contribution < -0.4 is 16.9 Å². The van der Waals surface area contributed by atoms with Crippen LogP contribution in [0.1, 0.15) is 46.8 Å². The summed E-state index contributed by atoms with van der Waals surface area (Å²) in [5, 5.41) is 0.814. The Balaban J connectivity index is 1.79. The smallest absolute Gasteiger partial charge is 0.279 e. The van der Waals surface area contributed by atoms with Crippen LogP contribution in [0.5, 0.6) is 0 Å². The van der Waals surface area contributed by atoms with Crippen LogP contribution in [-0.4, -0.2) is 14.3 Å². The summed E-state index contributed by atoms with van der Waals surface area (Å²) in [5.41, 5.74) is 11.8. The van der Waals surface area contributed by atoms with Gasteiger partial charge < -0.3 is 5.73 Å². The number of aromatic nitrogens is 3. The number of pyridine rings is 1. The maximum Gasteiger partial charge on any atom is 0.279 e. The van der Waals surface area contributed by atoms with Gasteiger partial charge in [-0.15, -0.1) is 0 Å². The summed E-state index contributed by atoms with van der Waals surface area (Å²) in [5.74, 6) is 0.497. The van der Waals surface area contributed by atoms with E-state index >= 15 is 0 Å². The fourth-order valence-corrected chi connectivity index (χ4v) is 5.10. The number of nitrogens with two attached hydrogens (primary N) is 1. The van der Waals surface area contributed by atoms with E-state index in [4.69, 9.17) is 10.7 Å². The lowest BCUT2D eigenvalue weighted by molar-refractivity contribution is 0.540. The Morgan fingerprint density at radius 2 is 1.61 bits per heavy atom. The molecule has 0 saturated carbocycles. The van der Waals surface area contributed by atoms with Gasteiger partial charge in [0.1, 0.15) is 6.04 Å². The molecule has 0 amide bonds. The monoisotopic (exact) mass is 410 g/mol. The molecule has 2 N–H and O–H groups in total. The van der Waals surface area contributed by atoms with E-state index in [0.717, 1.165) is 53.6 Å². The second kappa shape index (κ2) is 6.41. The number of benzene rings is 2. The fourth-order valence-electron chi connectivity index (χ4n) is 5.10. The van der Waals surface area contributed by atoms with Crippen LogP contribution in [0.15, 0.2) is 58.1 Å². The van der Waals surface area contributed by atoms with Crippen LogP contribution in [0, 0.1) is 6.92 Å². The summed E-state index contributed by atoms with van der Waals surface area (Å²) >= 11 is 0. The van der Waals surface area contributed by atoms with Crippen LogP contribution in [0.25, 0.3) is 16.6 Å². The summed E-state index contributed by atoms with van der Waals surface area (Å²) in [4.78, 5) is 32.1. The summed E-state index contributed by atoms with van der Waals surface area (Å²) in [6.45, 7) is 2.02. The molecule has 2 aromatic heterocycles. The second-order valence-electron chi connectivity index (χ2n) is 8.52. The molecule has 0 radical (unpaired) electrons. The largest absolute Gasteiger partial charge is 0.398 e. The molecule has 1 aliphatic heterocycles. The SMILES string of the molecule is Cc1ccc(C2c3c(nc4c(c3N)CCCC4)-n3c(=O)c4ccccc4c(=O)n32)cc1. The van der Waals surface area contributed by atoms with Crippen molar-refractivity contribution in [3.63, 3.8) is 0 Å². The zero-order chi connectivity index (χ0) is 21.3. The summed E-state index contributed by atoms with van der Waals surface area (Å²) < 4.78 is 3.00. The average Bonchev–Trinajstić information content (AvgIpc) is 3.14. The molecule has 6 nitrogen and oxygen atoms in total. The molecule has 0 fully saturated rings. The van der Waals surface area contributed by atoms with Crippen LogP contribution in [0.2, 0.25) is 0 Å². The van der Waals surface area contributed by atoms with Gasteiger partial charge in [-0.05, 0) is 55.9 Å². The molecule has 2 aromatic carbocycles. The van der Waals surface area contributed by atoms with Gasteiger partial charge in [-0.25, -0.2) is 9.67 Å². The Morgan fingerprint density at radius 1 is 0.935 bits per heavy atom. The summed E-state index contributed by atoms with van der Waals surface area (Å²) in [7, 11) is 0. The molecular weight excluding hydrogens is 388 g/mol. The van der Waals surface area contributed by atoms with Gasteiger partial charge in [0.05, 0.1) is 10.8 Å². The fraction of sp³-hybridized carbons (Fsp3) is 0.240. The maximum absolute atomic E-state index is 13.7. The minimum atomic E-state index is -0.486. The van der Waals surface area contributed by atoms with Crippen LogP contribution in [-0.2, 0) is 12.8 Å². The van der Waals surface area contributed by atoms with Gasteiger partial charge in [-0.3, -0.25) is 9.59 Å². The quantitative estimate of drug-likeness (QED) is 0.460. The first-order valence-corrected chi connectivity index (χ1v) is 10.7. The van der Waals surface area contributed by atoms with Crippen molar-refractivity contribution in [2.24, 2.45) is 0 Å². The van der Waals surface area contributed by atoms with E-state index in [0.29, 0.717) is 22.3 Å². The molecule has 2 aliphatic rings. The van der Waals surface area contributed by atoms with E-state index < -0.39 is 6.04 Å². The van der Waals surface area contributed by atoms with Crippen molar-refractivity contribution in [2.75, 3.05) is 5.73 Å². The first-order chi connectivity index (χ1) is 15.1. The van der Waals surface area contributed by atoms with Gasteiger partial charge in [0.15, 0.2) is 5.82 Å².